The summed E-state index contributed by atoms with van der Waals surface area (Å²) in [6.45, 7) is 7.90. The van der Waals surface area contributed by atoms with E-state index in [-0.39, 0.29) is 5.41 Å². The van der Waals surface area contributed by atoms with Gasteiger partial charge in [-0.3, -0.25) is 0 Å². The number of likely N-dealkylation sites (tertiary alicyclic amines) is 1. The van der Waals surface area contributed by atoms with E-state index >= 15 is 0 Å². The highest BCUT2D eigenvalue weighted by molar-refractivity contribution is 5.32. The van der Waals surface area contributed by atoms with Crippen molar-refractivity contribution in [3.63, 3.8) is 0 Å². The number of nitriles is 1. The van der Waals surface area contributed by atoms with Gasteiger partial charge in [-0.05, 0) is 56.8 Å². The van der Waals surface area contributed by atoms with Crippen LogP contribution in [0.4, 0.5) is 0 Å². The van der Waals surface area contributed by atoms with E-state index in [4.69, 9.17) is 0 Å². The number of benzene rings is 1. The van der Waals surface area contributed by atoms with E-state index < -0.39 is 0 Å². The molecule has 0 amide bonds. The van der Waals surface area contributed by atoms with Crippen LogP contribution < -0.4 is 0 Å². The largest absolute Gasteiger partial charge is 0.303 e. The van der Waals surface area contributed by atoms with Crippen molar-refractivity contribution < 1.29 is 0 Å². The monoisotopic (exact) mass is 284 g/mol. The third-order valence-corrected chi connectivity index (χ3v) is 4.60. The molecule has 0 aromatic heterocycles. The Morgan fingerprint density at radius 3 is 2.38 bits per heavy atom. The first-order valence-corrected chi connectivity index (χ1v) is 8.35. The van der Waals surface area contributed by atoms with Gasteiger partial charge in [0.25, 0.3) is 0 Å². The molecule has 1 saturated heterocycles. The molecule has 0 bridgehead atoms. The van der Waals surface area contributed by atoms with Crippen molar-refractivity contribution in [2.45, 2.75) is 51.4 Å². The molecule has 114 valence electrons. The Labute approximate surface area is 129 Å². The molecule has 1 aliphatic rings. The van der Waals surface area contributed by atoms with Gasteiger partial charge >= 0.3 is 0 Å². The molecule has 0 radical (unpaired) electrons. The summed E-state index contributed by atoms with van der Waals surface area (Å²) in [5, 5.41) is 9.94. The molecular formula is C19H28N2. The number of hydrogen-bond acceptors (Lipinski definition) is 2. The van der Waals surface area contributed by atoms with Crippen LogP contribution in [-0.2, 0) is 5.41 Å². The van der Waals surface area contributed by atoms with Gasteiger partial charge in [0.15, 0.2) is 0 Å². The topological polar surface area (TPSA) is 27.0 Å². The number of rotatable bonds is 6. The van der Waals surface area contributed by atoms with Gasteiger partial charge in [0, 0.05) is 0 Å². The van der Waals surface area contributed by atoms with Crippen LogP contribution in [0.5, 0.6) is 0 Å². The van der Waals surface area contributed by atoms with Gasteiger partial charge in [0.1, 0.15) is 0 Å². The second-order valence-electron chi connectivity index (χ2n) is 6.81. The van der Waals surface area contributed by atoms with Gasteiger partial charge in [-0.25, -0.2) is 0 Å². The summed E-state index contributed by atoms with van der Waals surface area (Å²) >= 11 is 0. The Bertz CT molecular complexity index is 454. The number of hydrogen-bond donors (Lipinski definition) is 0. The Morgan fingerprint density at radius 2 is 1.81 bits per heavy atom. The van der Waals surface area contributed by atoms with Crippen molar-refractivity contribution in [3.8, 4) is 6.07 Å². The maximum atomic E-state index is 9.94. The Balaban J connectivity index is 2.13. The van der Waals surface area contributed by atoms with Gasteiger partial charge in [-0.2, -0.15) is 5.26 Å². The van der Waals surface area contributed by atoms with E-state index in [1.807, 2.05) is 6.07 Å². The van der Waals surface area contributed by atoms with Gasteiger partial charge in [-0.15, -0.1) is 0 Å². The molecule has 1 aliphatic heterocycles. The van der Waals surface area contributed by atoms with E-state index in [1.54, 1.807) is 0 Å². The van der Waals surface area contributed by atoms with E-state index in [0.717, 1.165) is 19.4 Å². The van der Waals surface area contributed by atoms with Gasteiger partial charge in [-0.1, -0.05) is 50.6 Å². The van der Waals surface area contributed by atoms with Crippen molar-refractivity contribution in [2.24, 2.45) is 5.92 Å². The first-order valence-electron chi connectivity index (χ1n) is 8.35. The molecule has 1 unspecified atom stereocenters. The summed E-state index contributed by atoms with van der Waals surface area (Å²) in [6.07, 6.45) is 5.89. The molecule has 0 N–H and O–H groups in total. The van der Waals surface area contributed by atoms with Gasteiger partial charge in [0.2, 0.25) is 0 Å². The molecule has 1 atom stereocenters. The maximum Gasteiger partial charge on any atom is 0.0837 e. The van der Waals surface area contributed by atoms with Crippen molar-refractivity contribution in [1.82, 2.24) is 4.90 Å². The van der Waals surface area contributed by atoms with E-state index in [0.29, 0.717) is 5.92 Å². The maximum absolute atomic E-state index is 9.94. The van der Waals surface area contributed by atoms with Crippen LogP contribution in [0.3, 0.4) is 0 Å². The highest BCUT2D eigenvalue weighted by Gasteiger charge is 2.33. The minimum Gasteiger partial charge on any atom is -0.303 e. The summed E-state index contributed by atoms with van der Waals surface area (Å²) < 4.78 is 0. The lowest BCUT2D eigenvalue weighted by Crippen LogP contribution is -2.36. The zero-order valence-electron chi connectivity index (χ0n) is 13.5. The second-order valence-corrected chi connectivity index (χ2v) is 6.81. The highest BCUT2D eigenvalue weighted by Crippen LogP contribution is 2.34. The number of piperidine rings is 1. The van der Waals surface area contributed by atoms with Gasteiger partial charge < -0.3 is 4.90 Å². The first-order chi connectivity index (χ1) is 10.2. The lowest BCUT2D eigenvalue weighted by atomic mass is 9.73. The third-order valence-electron chi connectivity index (χ3n) is 4.60. The minimum absolute atomic E-state index is 0.327. The van der Waals surface area contributed by atoms with Crippen LogP contribution >= 0.6 is 0 Å². The summed E-state index contributed by atoms with van der Waals surface area (Å²) in [6, 6.07) is 13.1. The Kier molecular flexibility index (Phi) is 5.82. The van der Waals surface area contributed by atoms with Crippen molar-refractivity contribution in [2.75, 3.05) is 19.6 Å². The average Bonchev–Trinajstić information content (AvgIpc) is 2.53. The lowest BCUT2D eigenvalue weighted by molar-refractivity contribution is 0.207. The van der Waals surface area contributed by atoms with Crippen LogP contribution in [0.25, 0.3) is 0 Å². The van der Waals surface area contributed by atoms with E-state index in [9.17, 15) is 5.26 Å². The van der Waals surface area contributed by atoms with Crippen molar-refractivity contribution in [3.05, 3.63) is 35.9 Å². The third kappa shape index (κ3) is 4.32. The SMILES string of the molecule is CC(C)CC(C#N)(CCN1CCCCC1)c1ccccc1. The summed E-state index contributed by atoms with van der Waals surface area (Å²) in [5.74, 6) is 0.534. The van der Waals surface area contributed by atoms with Crippen LogP contribution in [-0.4, -0.2) is 24.5 Å². The molecule has 21 heavy (non-hydrogen) atoms. The highest BCUT2D eigenvalue weighted by atomic mass is 15.1. The minimum atomic E-state index is -0.327. The molecule has 1 aromatic carbocycles. The van der Waals surface area contributed by atoms with Crippen LogP contribution in [0.2, 0.25) is 0 Å². The predicted octanol–water partition coefficient (Wildman–Crippen LogP) is 4.37. The normalized spacial score (nSPS) is 19.1. The molecule has 1 fully saturated rings. The Hall–Kier alpha value is -1.33. The van der Waals surface area contributed by atoms with Crippen LogP contribution in [0, 0.1) is 17.2 Å². The van der Waals surface area contributed by atoms with E-state index in [1.165, 1.54) is 37.9 Å². The molecule has 1 heterocycles. The zero-order chi connectivity index (χ0) is 15.1. The lowest BCUT2D eigenvalue weighted by Gasteiger charge is -2.33. The fraction of sp³-hybridized carbons (Fsp3) is 0.632. The molecule has 0 aliphatic carbocycles. The van der Waals surface area contributed by atoms with E-state index in [2.05, 4.69) is 49.1 Å². The molecule has 2 nitrogen and oxygen atoms in total. The average molecular weight is 284 g/mol. The molecular weight excluding hydrogens is 256 g/mol. The smallest absolute Gasteiger partial charge is 0.0837 e. The summed E-state index contributed by atoms with van der Waals surface area (Å²) in [4.78, 5) is 2.54. The standard InChI is InChI=1S/C19H28N2/c1-17(2)15-19(16-20,18-9-5-3-6-10-18)11-14-21-12-7-4-8-13-21/h3,5-6,9-10,17H,4,7-8,11-15H2,1-2H3. The fourth-order valence-electron chi connectivity index (χ4n) is 3.52. The van der Waals surface area contributed by atoms with Crippen molar-refractivity contribution in [1.29, 1.82) is 5.26 Å². The number of nitrogens with zero attached hydrogens (tertiary/aromatic N) is 2. The summed E-state index contributed by atoms with van der Waals surface area (Å²) in [5.41, 5.74) is 0.866. The van der Waals surface area contributed by atoms with Crippen LogP contribution in [0.15, 0.2) is 30.3 Å². The van der Waals surface area contributed by atoms with Gasteiger partial charge in [0.05, 0.1) is 11.5 Å². The second kappa shape index (κ2) is 7.61. The molecule has 2 rings (SSSR count). The molecule has 2 heteroatoms. The molecule has 1 aromatic rings. The molecule has 0 saturated carbocycles. The molecule has 0 spiro atoms. The zero-order valence-corrected chi connectivity index (χ0v) is 13.5. The fourth-order valence-corrected chi connectivity index (χ4v) is 3.52. The first kappa shape index (κ1) is 16.0. The predicted molar refractivity (Wildman–Crippen MR) is 88.1 cm³/mol. The van der Waals surface area contributed by atoms with Crippen LogP contribution in [0.1, 0.15) is 51.5 Å². The van der Waals surface area contributed by atoms with Crippen molar-refractivity contribution >= 4 is 0 Å². The Morgan fingerprint density at radius 1 is 1.14 bits per heavy atom. The quantitative estimate of drug-likeness (QED) is 0.775. The summed E-state index contributed by atoms with van der Waals surface area (Å²) in [7, 11) is 0.